The van der Waals surface area contributed by atoms with E-state index in [-0.39, 0.29) is 0 Å². The summed E-state index contributed by atoms with van der Waals surface area (Å²) in [6.45, 7) is 2.74. The summed E-state index contributed by atoms with van der Waals surface area (Å²) < 4.78 is 4.76. The minimum absolute atomic E-state index is 0.720. The highest BCUT2D eigenvalue weighted by Gasteiger charge is 2.03. The fourth-order valence-corrected chi connectivity index (χ4v) is 1.64. The second-order valence-electron chi connectivity index (χ2n) is 3.28. The number of rotatable bonds is 2. The predicted molar refractivity (Wildman–Crippen MR) is 56.7 cm³/mol. The molecule has 74 valence electrons. The third-order valence-electron chi connectivity index (χ3n) is 2.30. The van der Waals surface area contributed by atoms with Crippen LogP contribution in [0.15, 0.2) is 18.6 Å². The van der Waals surface area contributed by atoms with E-state index in [2.05, 4.69) is 9.97 Å². The first-order valence-corrected chi connectivity index (χ1v) is 4.80. The predicted octanol–water partition coefficient (Wildman–Crippen LogP) is 1.64. The smallest absolute Gasteiger partial charge is 0.177 e. The minimum Gasteiger partial charge on any atom is -0.337 e. The maximum Gasteiger partial charge on any atom is 0.177 e. The number of aromatic nitrogens is 4. The van der Waals surface area contributed by atoms with Gasteiger partial charge in [0.05, 0.1) is 6.54 Å². The molecule has 2 aromatic rings. The summed E-state index contributed by atoms with van der Waals surface area (Å²) in [5.74, 6) is 1.00. The zero-order valence-electron chi connectivity index (χ0n) is 8.19. The maximum absolute atomic E-state index is 5.16. The van der Waals surface area contributed by atoms with Crippen molar-refractivity contribution in [3.63, 3.8) is 0 Å². The molecule has 0 saturated heterocycles. The molecule has 0 aliphatic heterocycles. The molecule has 0 unspecified atom stereocenters. The van der Waals surface area contributed by atoms with Gasteiger partial charge in [-0.1, -0.05) is 0 Å². The second-order valence-corrected chi connectivity index (χ2v) is 3.66. The van der Waals surface area contributed by atoms with Crippen LogP contribution in [0.1, 0.15) is 11.5 Å². The lowest BCUT2D eigenvalue weighted by atomic mass is 10.5. The molecule has 0 spiro atoms. The minimum atomic E-state index is 0.720. The van der Waals surface area contributed by atoms with Gasteiger partial charge < -0.3 is 14.1 Å². The van der Waals surface area contributed by atoms with Crippen molar-refractivity contribution in [2.45, 2.75) is 13.5 Å². The van der Waals surface area contributed by atoms with Gasteiger partial charge in [0.15, 0.2) is 4.77 Å². The largest absolute Gasteiger partial charge is 0.337 e. The standard InChI is InChI=1S/C9H12N4S/c1-7-5-11-9(14)13(7)6-8-10-3-4-12(8)2/h3-5H,6H2,1-2H3,(H,11,14). The maximum atomic E-state index is 5.16. The fraction of sp³-hybridized carbons (Fsp3) is 0.333. The highest BCUT2D eigenvalue weighted by molar-refractivity contribution is 7.71. The van der Waals surface area contributed by atoms with Crippen LogP contribution in [-0.2, 0) is 13.6 Å². The van der Waals surface area contributed by atoms with E-state index in [4.69, 9.17) is 12.2 Å². The van der Waals surface area contributed by atoms with E-state index in [0.717, 1.165) is 22.8 Å². The van der Waals surface area contributed by atoms with Gasteiger partial charge >= 0.3 is 0 Å². The van der Waals surface area contributed by atoms with Crippen LogP contribution in [0.3, 0.4) is 0 Å². The molecule has 14 heavy (non-hydrogen) atoms. The van der Waals surface area contributed by atoms with E-state index in [1.165, 1.54) is 0 Å². The molecule has 2 heterocycles. The lowest BCUT2D eigenvalue weighted by molar-refractivity contribution is 0.678. The van der Waals surface area contributed by atoms with Crippen LogP contribution in [0.25, 0.3) is 0 Å². The summed E-state index contributed by atoms with van der Waals surface area (Å²) in [5.41, 5.74) is 1.12. The summed E-state index contributed by atoms with van der Waals surface area (Å²) in [6.07, 6.45) is 5.63. The van der Waals surface area contributed by atoms with E-state index in [9.17, 15) is 0 Å². The number of H-pyrrole nitrogens is 1. The highest BCUT2D eigenvalue weighted by Crippen LogP contribution is 2.04. The Kier molecular flexibility index (Phi) is 2.25. The van der Waals surface area contributed by atoms with E-state index in [1.807, 2.05) is 35.5 Å². The van der Waals surface area contributed by atoms with Crippen LogP contribution in [0, 0.1) is 11.7 Å². The first kappa shape index (κ1) is 9.21. The number of hydrogen-bond donors (Lipinski definition) is 1. The summed E-state index contributed by atoms with van der Waals surface area (Å²) >= 11 is 5.16. The van der Waals surface area contributed by atoms with Gasteiger partial charge in [0, 0.05) is 31.3 Å². The van der Waals surface area contributed by atoms with Crippen molar-refractivity contribution in [2.75, 3.05) is 0 Å². The molecular weight excluding hydrogens is 196 g/mol. The van der Waals surface area contributed by atoms with E-state index in [0.29, 0.717) is 0 Å². The van der Waals surface area contributed by atoms with Crippen molar-refractivity contribution >= 4 is 12.2 Å². The molecule has 0 bridgehead atoms. The van der Waals surface area contributed by atoms with Gasteiger partial charge in [-0.15, -0.1) is 0 Å². The lowest BCUT2D eigenvalue weighted by Crippen LogP contribution is -2.07. The van der Waals surface area contributed by atoms with Crippen molar-refractivity contribution < 1.29 is 0 Å². The van der Waals surface area contributed by atoms with Gasteiger partial charge in [-0.3, -0.25) is 0 Å². The quantitative estimate of drug-likeness (QED) is 0.762. The first-order valence-electron chi connectivity index (χ1n) is 4.39. The Bertz CT molecular complexity index is 491. The topological polar surface area (TPSA) is 38.5 Å². The second kappa shape index (κ2) is 3.42. The average Bonchev–Trinajstić information content (AvgIpc) is 2.67. The molecule has 5 heteroatoms. The molecule has 0 aliphatic carbocycles. The Hall–Kier alpha value is -1.36. The van der Waals surface area contributed by atoms with Crippen LogP contribution in [0.2, 0.25) is 0 Å². The number of imidazole rings is 2. The number of aromatic amines is 1. The van der Waals surface area contributed by atoms with Crippen molar-refractivity contribution in [3.8, 4) is 0 Å². The molecule has 0 saturated carbocycles. The molecule has 0 aliphatic rings. The van der Waals surface area contributed by atoms with Crippen LogP contribution in [0.4, 0.5) is 0 Å². The third kappa shape index (κ3) is 1.50. The molecule has 0 aromatic carbocycles. The first-order chi connectivity index (χ1) is 6.68. The Labute approximate surface area is 87.2 Å². The Morgan fingerprint density at radius 2 is 2.36 bits per heavy atom. The molecule has 4 nitrogen and oxygen atoms in total. The van der Waals surface area contributed by atoms with E-state index in [1.54, 1.807) is 6.20 Å². The van der Waals surface area contributed by atoms with E-state index >= 15 is 0 Å². The molecule has 2 aromatic heterocycles. The molecule has 0 atom stereocenters. The monoisotopic (exact) mass is 208 g/mol. The zero-order chi connectivity index (χ0) is 10.1. The molecule has 0 amide bonds. The Balaban J connectivity index is 2.36. The zero-order valence-corrected chi connectivity index (χ0v) is 9.01. The van der Waals surface area contributed by atoms with Crippen LogP contribution in [-0.4, -0.2) is 19.1 Å². The number of nitrogens with zero attached hydrogens (tertiary/aromatic N) is 3. The van der Waals surface area contributed by atoms with Gasteiger partial charge in [0.1, 0.15) is 5.82 Å². The molecule has 0 radical (unpaired) electrons. The van der Waals surface area contributed by atoms with E-state index < -0.39 is 0 Å². The van der Waals surface area contributed by atoms with Crippen molar-refractivity contribution in [1.82, 2.24) is 19.1 Å². The SMILES string of the molecule is Cc1c[nH]c(=S)n1Cc1nccn1C. The van der Waals surface area contributed by atoms with Gasteiger partial charge in [-0.05, 0) is 19.1 Å². The fourth-order valence-electron chi connectivity index (χ4n) is 1.37. The van der Waals surface area contributed by atoms with Crippen LogP contribution in [0.5, 0.6) is 0 Å². The Morgan fingerprint density at radius 3 is 2.86 bits per heavy atom. The molecular formula is C9H12N4S. The number of nitrogens with one attached hydrogen (secondary N) is 1. The highest BCUT2D eigenvalue weighted by atomic mass is 32.1. The van der Waals surface area contributed by atoms with Gasteiger partial charge in [0.25, 0.3) is 0 Å². The number of aryl methyl sites for hydroxylation is 2. The summed E-state index contributed by atoms with van der Waals surface area (Å²) in [6, 6.07) is 0. The summed E-state index contributed by atoms with van der Waals surface area (Å²) in [7, 11) is 1.98. The summed E-state index contributed by atoms with van der Waals surface area (Å²) in [4.78, 5) is 7.26. The van der Waals surface area contributed by atoms with Gasteiger partial charge in [-0.2, -0.15) is 0 Å². The van der Waals surface area contributed by atoms with Crippen LogP contribution >= 0.6 is 12.2 Å². The summed E-state index contributed by atoms with van der Waals surface area (Å²) in [5, 5.41) is 0. The molecule has 2 rings (SSSR count). The molecule has 0 fully saturated rings. The molecule has 1 N–H and O–H groups in total. The van der Waals surface area contributed by atoms with Crippen LogP contribution < -0.4 is 0 Å². The third-order valence-corrected chi connectivity index (χ3v) is 2.63. The Morgan fingerprint density at radius 1 is 1.57 bits per heavy atom. The number of hydrogen-bond acceptors (Lipinski definition) is 2. The normalized spacial score (nSPS) is 10.7. The van der Waals surface area contributed by atoms with Crippen molar-refractivity contribution in [3.05, 3.63) is 34.9 Å². The lowest BCUT2D eigenvalue weighted by Gasteiger charge is -2.04. The van der Waals surface area contributed by atoms with Crippen molar-refractivity contribution in [1.29, 1.82) is 0 Å². The average molecular weight is 208 g/mol. The van der Waals surface area contributed by atoms with Gasteiger partial charge in [0.2, 0.25) is 0 Å². The van der Waals surface area contributed by atoms with Crippen molar-refractivity contribution in [2.24, 2.45) is 7.05 Å². The van der Waals surface area contributed by atoms with Gasteiger partial charge in [-0.25, -0.2) is 4.98 Å².